The van der Waals surface area contributed by atoms with Crippen LogP contribution in [0.4, 0.5) is 11.4 Å². The van der Waals surface area contributed by atoms with Crippen LogP contribution in [0.5, 0.6) is 0 Å². The summed E-state index contributed by atoms with van der Waals surface area (Å²) in [5.74, 6) is -1.26. The number of halogens is 2. The summed E-state index contributed by atoms with van der Waals surface area (Å²) in [4.78, 5) is 26.8. The molecular formula is C21H14Cl2N2O4S3. The summed E-state index contributed by atoms with van der Waals surface area (Å²) in [5.41, 5.74) is 2.14. The summed E-state index contributed by atoms with van der Waals surface area (Å²) >= 11 is 18.0. The summed E-state index contributed by atoms with van der Waals surface area (Å²) in [6.07, 6.45) is 0. The molecule has 32 heavy (non-hydrogen) atoms. The van der Waals surface area contributed by atoms with Gasteiger partial charge in [-0.2, -0.15) is 0 Å². The van der Waals surface area contributed by atoms with Crippen molar-refractivity contribution in [2.24, 2.45) is 0 Å². The number of sulfone groups is 1. The Morgan fingerprint density at radius 1 is 1.03 bits per heavy atom. The number of hydrogen-bond donors (Lipinski definition) is 1. The highest BCUT2D eigenvalue weighted by molar-refractivity contribution is 7.95. The molecule has 164 valence electrons. The highest BCUT2D eigenvalue weighted by Gasteiger charge is 2.37. The molecule has 3 aromatic rings. The van der Waals surface area contributed by atoms with Crippen molar-refractivity contribution in [2.75, 3.05) is 16.0 Å². The van der Waals surface area contributed by atoms with Gasteiger partial charge < -0.3 is 5.32 Å². The van der Waals surface area contributed by atoms with E-state index in [1.165, 1.54) is 24.3 Å². The van der Waals surface area contributed by atoms with E-state index >= 15 is 0 Å². The van der Waals surface area contributed by atoms with Crippen LogP contribution >= 0.6 is 46.8 Å². The number of benzene rings is 2. The fourth-order valence-electron chi connectivity index (χ4n) is 3.32. The van der Waals surface area contributed by atoms with Gasteiger partial charge in [-0.3, -0.25) is 9.59 Å². The zero-order valence-electron chi connectivity index (χ0n) is 16.4. The van der Waals surface area contributed by atoms with Gasteiger partial charge in [-0.25, -0.2) is 13.3 Å². The first kappa shape index (κ1) is 22.9. The van der Waals surface area contributed by atoms with Crippen LogP contribution in [0.25, 0.3) is 0 Å². The zero-order valence-corrected chi connectivity index (χ0v) is 20.3. The maximum atomic E-state index is 12.8. The second-order valence-corrected chi connectivity index (χ2v) is 11.9. The third-order valence-electron chi connectivity index (χ3n) is 4.75. The molecule has 0 saturated heterocycles. The van der Waals surface area contributed by atoms with Crippen LogP contribution in [0.1, 0.15) is 26.3 Å². The molecular weight excluding hydrogens is 511 g/mol. The Bertz CT molecular complexity index is 1400. The van der Waals surface area contributed by atoms with Gasteiger partial charge in [0, 0.05) is 10.7 Å². The molecule has 2 aromatic carbocycles. The average Bonchev–Trinajstić information content (AvgIpc) is 3.25. The number of carbonyl (C=O) groups is 2. The van der Waals surface area contributed by atoms with Crippen molar-refractivity contribution in [2.45, 2.75) is 11.1 Å². The number of imide groups is 1. The van der Waals surface area contributed by atoms with Crippen molar-refractivity contribution < 1.29 is 18.0 Å². The molecule has 2 heterocycles. The Labute approximate surface area is 203 Å². The van der Waals surface area contributed by atoms with Gasteiger partial charge in [0.15, 0.2) is 9.84 Å². The standard InChI is InChI=1S/C21H14Cl2N2O4S3/c1-11-8-13(24-18(30)10-32(28,29)19-7-6-17(23)31-19)3-5-16(11)25-20(26)14-4-2-12(22)9-15(14)21(25)27/h2-9H,10H2,1H3,(H,24,30). The molecule has 0 fully saturated rings. The normalized spacial score (nSPS) is 13.4. The van der Waals surface area contributed by atoms with Crippen molar-refractivity contribution in [1.82, 2.24) is 0 Å². The van der Waals surface area contributed by atoms with E-state index in [0.717, 1.165) is 16.2 Å². The predicted octanol–water partition coefficient (Wildman–Crippen LogP) is 5.38. The Balaban J connectivity index is 1.52. The van der Waals surface area contributed by atoms with Gasteiger partial charge in [0.05, 0.1) is 26.1 Å². The van der Waals surface area contributed by atoms with E-state index in [1.54, 1.807) is 31.2 Å². The third kappa shape index (κ3) is 4.31. The number of thiophene rings is 1. The summed E-state index contributed by atoms with van der Waals surface area (Å²) in [6, 6.07) is 12.5. The first-order valence-corrected chi connectivity index (χ1v) is 12.8. The summed E-state index contributed by atoms with van der Waals surface area (Å²) < 4.78 is 25.5. The van der Waals surface area contributed by atoms with E-state index in [1.807, 2.05) is 0 Å². The van der Waals surface area contributed by atoms with Crippen LogP contribution < -0.4 is 10.2 Å². The number of rotatable bonds is 5. The number of carbonyl (C=O) groups excluding carboxylic acids is 2. The predicted molar refractivity (Wildman–Crippen MR) is 131 cm³/mol. The van der Waals surface area contributed by atoms with Gasteiger partial charge in [0.25, 0.3) is 11.8 Å². The van der Waals surface area contributed by atoms with Crippen LogP contribution in [-0.4, -0.2) is 31.0 Å². The molecule has 4 rings (SSSR count). The van der Waals surface area contributed by atoms with Gasteiger partial charge in [0.1, 0.15) is 9.96 Å². The Morgan fingerprint density at radius 2 is 1.75 bits per heavy atom. The van der Waals surface area contributed by atoms with Crippen molar-refractivity contribution in [3.05, 3.63) is 74.6 Å². The van der Waals surface area contributed by atoms with Crippen LogP contribution in [-0.2, 0) is 9.84 Å². The lowest BCUT2D eigenvalue weighted by Crippen LogP contribution is -2.30. The molecule has 1 N–H and O–H groups in total. The number of fused-ring (bicyclic) bond motifs is 1. The van der Waals surface area contributed by atoms with Gasteiger partial charge in [-0.05, 0) is 61.0 Å². The Morgan fingerprint density at radius 3 is 2.41 bits per heavy atom. The minimum atomic E-state index is -3.62. The number of nitrogens with one attached hydrogen (secondary N) is 1. The summed E-state index contributed by atoms with van der Waals surface area (Å²) in [5, 5.41) is 3.27. The third-order valence-corrected chi connectivity index (χ3v) is 8.87. The smallest absolute Gasteiger partial charge is 0.266 e. The summed E-state index contributed by atoms with van der Waals surface area (Å²) in [7, 11) is -3.62. The van der Waals surface area contributed by atoms with Crippen LogP contribution in [0.15, 0.2) is 52.7 Å². The molecule has 11 heteroatoms. The maximum absolute atomic E-state index is 12.8. The van der Waals surface area contributed by atoms with Gasteiger partial charge in [0.2, 0.25) is 0 Å². The minimum Gasteiger partial charge on any atom is -0.349 e. The highest BCUT2D eigenvalue weighted by Crippen LogP contribution is 2.33. The molecule has 0 saturated carbocycles. The molecule has 1 aromatic heterocycles. The molecule has 6 nitrogen and oxygen atoms in total. The number of nitrogens with zero attached hydrogens (tertiary/aromatic N) is 1. The first-order chi connectivity index (χ1) is 15.1. The number of thiocarbonyl (C=S) groups is 1. The topological polar surface area (TPSA) is 83.6 Å². The van der Waals surface area contributed by atoms with Crippen LogP contribution in [0, 0.1) is 6.92 Å². The van der Waals surface area contributed by atoms with E-state index in [-0.39, 0.29) is 20.5 Å². The number of aryl methyl sites for hydroxylation is 1. The molecule has 0 unspecified atom stereocenters. The van der Waals surface area contributed by atoms with Crippen molar-refractivity contribution in [3.63, 3.8) is 0 Å². The molecule has 0 radical (unpaired) electrons. The second kappa shape index (κ2) is 8.57. The highest BCUT2D eigenvalue weighted by atomic mass is 35.5. The van der Waals surface area contributed by atoms with Crippen LogP contribution in [0.3, 0.4) is 0 Å². The monoisotopic (exact) mass is 524 g/mol. The Kier molecular flexibility index (Phi) is 6.12. The van der Waals surface area contributed by atoms with Crippen molar-refractivity contribution in [1.29, 1.82) is 0 Å². The maximum Gasteiger partial charge on any atom is 0.266 e. The minimum absolute atomic E-state index is 0.108. The molecule has 0 bridgehead atoms. The first-order valence-electron chi connectivity index (χ1n) is 9.14. The number of anilines is 2. The van der Waals surface area contributed by atoms with E-state index in [9.17, 15) is 18.0 Å². The van der Waals surface area contributed by atoms with Crippen molar-refractivity contribution >= 4 is 84.8 Å². The van der Waals surface area contributed by atoms with Gasteiger partial charge in [-0.1, -0.05) is 35.4 Å². The van der Waals surface area contributed by atoms with E-state index < -0.39 is 21.7 Å². The lowest BCUT2D eigenvalue weighted by molar-refractivity contribution is 0.0926. The van der Waals surface area contributed by atoms with Crippen molar-refractivity contribution in [3.8, 4) is 0 Å². The molecule has 0 atom stereocenters. The lowest BCUT2D eigenvalue weighted by Gasteiger charge is -2.18. The van der Waals surface area contributed by atoms with E-state index in [4.69, 9.17) is 35.4 Å². The van der Waals surface area contributed by atoms with E-state index in [2.05, 4.69) is 5.32 Å². The van der Waals surface area contributed by atoms with Gasteiger partial charge in [-0.15, -0.1) is 11.3 Å². The molecule has 0 spiro atoms. The zero-order chi connectivity index (χ0) is 23.2. The molecule has 0 aliphatic carbocycles. The van der Waals surface area contributed by atoms with E-state index in [0.29, 0.717) is 31.9 Å². The summed E-state index contributed by atoms with van der Waals surface area (Å²) in [6.45, 7) is 1.74. The average molecular weight is 525 g/mol. The lowest BCUT2D eigenvalue weighted by atomic mass is 10.1. The molecule has 2 amide bonds. The second-order valence-electron chi connectivity index (χ2n) is 7.00. The fraction of sp³-hybridized carbons (Fsp3) is 0.0952. The SMILES string of the molecule is Cc1cc(NC(=S)CS(=O)(=O)c2ccc(Cl)s2)ccc1N1C(=O)c2ccc(Cl)cc2C1=O. The number of hydrogen-bond acceptors (Lipinski definition) is 6. The Hall–Kier alpha value is -2.30. The van der Waals surface area contributed by atoms with Crippen LogP contribution in [0.2, 0.25) is 9.36 Å². The van der Waals surface area contributed by atoms with Gasteiger partial charge >= 0.3 is 0 Å². The largest absolute Gasteiger partial charge is 0.349 e. The fourth-order valence-corrected chi connectivity index (χ4v) is 6.78. The number of amides is 2. The molecule has 1 aliphatic heterocycles. The molecule has 1 aliphatic rings. The quantitative estimate of drug-likeness (QED) is 0.356.